The second kappa shape index (κ2) is 8.70. The Balaban J connectivity index is 1.80. The van der Waals surface area contributed by atoms with Gasteiger partial charge in [-0.15, -0.1) is 0 Å². The predicted molar refractivity (Wildman–Crippen MR) is 91.6 cm³/mol. The van der Waals surface area contributed by atoms with Crippen LogP contribution < -0.4 is 10.1 Å². The van der Waals surface area contributed by atoms with Gasteiger partial charge in [0.25, 0.3) is 0 Å². The summed E-state index contributed by atoms with van der Waals surface area (Å²) in [5.41, 5.74) is 0.769. The maximum absolute atomic E-state index is 12.2. The molecular formula is C18H26N2O3. The predicted octanol–water partition coefficient (Wildman–Crippen LogP) is 2.28. The van der Waals surface area contributed by atoms with Crippen molar-refractivity contribution in [3.63, 3.8) is 0 Å². The summed E-state index contributed by atoms with van der Waals surface area (Å²) in [7, 11) is 3.81. The van der Waals surface area contributed by atoms with E-state index in [4.69, 9.17) is 4.74 Å². The largest absolute Gasteiger partial charge is 0.491 e. The molecule has 2 rings (SSSR count). The number of nitrogens with zero attached hydrogens (tertiary/aromatic N) is 1. The van der Waals surface area contributed by atoms with Crippen molar-refractivity contribution in [2.45, 2.75) is 25.4 Å². The van der Waals surface area contributed by atoms with Gasteiger partial charge in [0.05, 0.1) is 0 Å². The van der Waals surface area contributed by atoms with Crippen molar-refractivity contribution in [2.24, 2.45) is 5.92 Å². The van der Waals surface area contributed by atoms with E-state index in [1.807, 2.05) is 31.1 Å². The van der Waals surface area contributed by atoms with Gasteiger partial charge in [-0.2, -0.15) is 0 Å². The van der Waals surface area contributed by atoms with Crippen LogP contribution in [0.1, 0.15) is 19.3 Å². The van der Waals surface area contributed by atoms with Gasteiger partial charge in [-0.05, 0) is 57.6 Å². The van der Waals surface area contributed by atoms with Gasteiger partial charge in [-0.3, -0.25) is 4.79 Å². The molecule has 1 aliphatic rings. The first-order valence-electron chi connectivity index (χ1n) is 8.06. The number of nitrogens with one attached hydrogen (secondary N) is 1. The highest BCUT2D eigenvalue weighted by Crippen LogP contribution is 2.21. The van der Waals surface area contributed by atoms with E-state index in [-0.39, 0.29) is 18.4 Å². The first-order chi connectivity index (χ1) is 11.0. The summed E-state index contributed by atoms with van der Waals surface area (Å²) < 4.78 is 5.55. The molecule has 0 spiro atoms. The Morgan fingerprint density at radius 3 is 2.70 bits per heavy atom. The van der Waals surface area contributed by atoms with Crippen LogP contribution in [0, 0.1) is 5.92 Å². The summed E-state index contributed by atoms with van der Waals surface area (Å²) in [4.78, 5) is 14.1. The topological polar surface area (TPSA) is 61.8 Å². The van der Waals surface area contributed by atoms with E-state index in [1.54, 1.807) is 12.1 Å². The number of hydrogen-bond acceptors (Lipinski definition) is 4. The van der Waals surface area contributed by atoms with Gasteiger partial charge in [0, 0.05) is 18.2 Å². The lowest BCUT2D eigenvalue weighted by molar-refractivity contribution is -0.120. The quantitative estimate of drug-likeness (QED) is 0.757. The van der Waals surface area contributed by atoms with Crippen LogP contribution in [0.3, 0.4) is 0 Å². The summed E-state index contributed by atoms with van der Waals surface area (Å²) in [5.74, 6) is 0.822. The molecule has 1 aliphatic carbocycles. The van der Waals surface area contributed by atoms with E-state index in [0.717, 1.165) is 24.9 Å². The highest BCUT2D eigenvalue weighted by Gasteiger charge is 2.18. The van der Waals surface area contributed by atoms with Crippen LogP contribution in [-0.2, 0) is 4.79 Å². The molecule has 0 saturated heterocycles. The average molecular weight is 318 g/mol. The third-order valence-electron chi connectivity index (χ3n) is 3.78. The molecule has 5 nitrogen and oxygen atoms in total. The molecule has 0 aromatic heterocycles. The number of carbonyl (C=O) groups is 1. The molecule has 126 valence electrons. The third kappa shape index (κ3) is 6.04. The number of benzene rings is 1. The van der Waals surface area contributed by atoms with Crippen LogP contribution in [0.25, 0.3) is 0 Å². The van der Waals surface area contributed by atoms with Crippen LogP contribution >= 0.6 is 0 Å². The fraction of sp³-hybridized carbons (Fsp3) is 0.500. The number of anilines is 1. The Morgan fingerprint density at radius 2 is 2.09 bits per heavy atom. The Labute approximate surface area is 137 Å². The number of allylic oxidation sites excluding steroid dienone is 2. The van der Waals surface area contributed by atoms with E-state index in [1.165, 1.54) is 0 Å². The number of amides is 1. The number of carbonyl (C=O) groups excluding carboxylic acids is 1. The Bertz CT molecular complexity index is 526. The molecule has 1 amide bonds. The summed E-state index contributed by atoms with van der Waals surface area (Å²) >= 11 is 0. The Hall–Kier alpha value is -1.85. The maximum atomic E-state index is 12.2. The van der Waals surface area contributed by atoms with E-state index in [0.29, 0.717) is 12.3 Å². The molecule has 0 heterocycles. The zero-order valence-electron chi connectivity index (χ0n) is 13.9. The van der Waals surface area contributed by atoms with Crippen molar-refractivity contribution >= 4 is 11.6 Å². The minimum Gasteiger partial charge on any atom is -0.491 e. The highest BCUT2D eigenvalue weighted by molar-refractivity contribution is 5.92. The smallest absolute Gasteiger partial charge is 0.227 e. The summed E-state index contributed by atoms with van der Waals surface area (Å²) in [6, 6.07) is 7.26. The van der Waals surface area contributed by atoms with Crippen molar-refractivity contribution in [3.8, 4) is 5.75 Å². The molecule has 0 radical (unpaired) electrons. The van der Waals surface area contributed by atoms with Crippen LogP contribution in [0.2, 0.25) is 0 Å². The second-order valence-electron chi connectivity index (χ2n) is 6.22. The van der Waals surface area contributed by atoms with Crippen LogP contribution in [0.5, 0.6) is 5.75 Å². The summed E-state index contributed by atoms with van der Waals surface area (Å²) in [6.07, 6.45) is 6.37. The summed E-state index contributed by atoms with van der Waals surface area (Å²) in [5, 5.41) is 12.7. The lowest BCUT2D eigenvalue weighted by Crippen LogP contribution is -2.30. The molecule has 0 bridgehead atoms. The van der Waals surface area contributed by atoms with Crippen molar-refractivity contribution in [3.05, 3.63) is 36.4 Å². The van der Waals surface area contributed by atoms with E-state index in [2.05, 4.69) is 17.5 Å². The van der Waals surface area contributed by atoms with E-state index in [9.17, 15) is 9.90 Å². The van der Waals surface area contributed by atoms with Crippen molar-refractivity contribution in [1.82, 2.24) is 4.90 Å². The van der Waals surface area contributed by atoms with Gasteiger partial charge < -0.3 is 20.1 Å². The molecule has 1 aromatic carbocycles. The molecule has 0 saturated carbocycles. The Kier molecular flexibility index (Phi) is 6.62. The fourth-order valence-electron chi connectivity index (χ4n) is 2.58. The molecule has 2 N–H and O–H groups in total. The van der Waals surface area contributed by atoms with Crippen molar-refractivity contribution in [1.29, 1.82) is 0 Å². The minimum atomic E-state index is -0.524. The van der Waals surface area contributed by atoms with Gasteiger partial charge in [-0.25, -0.2) is 0 Å². The van der Waals surface area contributed by atoms with E-state index < -0.39 is 6.10 Å². The number of rotatable bonds is 7. The lowest BCUT2D eigenvalue weighted by Gasteiger charge is -2.18. The zero-order valence-corrected chi connectivity index (χ0v) is 13.9. The third-order valence-corrected chi connectivity index (χ3v) is 3.78. The first-order valence-corrected chi connectivity index (χ1v) is 8.06. The molecule has 23 heavy (non-hydrogen) atoms. The molecule has 2 atom stereocenters. The van der Waals surface area contributed by atoms with Crippen LogP contribution in [0.15, 0.2) is 36.4 Å². The lowest BCUT2D eigenvalue weighted by atomic mass is 9.93. The first kappa shape index (κ1) is 17.5. The molecule has 2 unspecified atom stereocenters. The van der Waals surface area contributed by atoms with Gasteiger partial charge >= 0.3 is 0 Å². The average Bonchev–Trinajstić information content (AvgIpc) is 2.54. The number of likely N-dealkylation sites (N-methyl/N-ethyl adjacent to an activating group) is 1. The SMILES string of the molecule is CN(C)CC(O)COc1ccc(NC(=O)C2CC=CCC2)cc1. The molecule has 0 aliphatic heterocycles. The summed E-state index contributed by atoms with van der Waals surface area (Å²) in [6.45, 7) is 0.808. The number of aliphatic hydroxyl groups is 1. The molecular weight excluding hydrogens is 292 g/mol. The molecule has 0 fully saturated rings. The second-order valence-corrected chi connectivity index (χ2v) is 6.22. The monoisotopic (exact) mass is 318 g/mol. The van der Waals surface area contributed by atoms with Crippen molar-refractivity contribution < 1.29 is 14.6 Å². The van der Waals surface area contributed by atoms with Crippen LogP contribution in [0.4, 0.5) is 5.69 Å². The molecule has 1 aromatic rings. The highest BCUT2D eigenvalue weighted by atomic mass is 16.5. The van der Waals surface area contributed by atoms with Gasteiger partial charge in [0.15, 0.2) is 0 Å². The number of hydrogen-bond donors (Lipinski definition) is 2. The zero-order chi connectivity index (χ0) is 16.7. The van der Waals surface area contributed by atoms with Crippen molar-refractivity contribution in [2.75, 3.05) is 32.6 Å². The molecule has 5 heteroatoms. The fourth-order valence-corrected chi connectivity index (χ4v) is 2.58. The number of aliphatic hydroxyl groups excluding tert-OH is 1. The standard InChI is InChI=1S/C18H26N2O3/c1-20(2)12-16(21)13-23-17-10-8-15(9-11-17)19-18(22)14-6-4-3-5-7-14/h3-4,8-11,14,16,21H,5-7,12-13H2,1-2H3,(H,19,22). The van der Waals surface area contributed by atoms with E-state index >= 15 is 0 Å². The van der Waals surface area contributed by atoms with Crippen LogP contribution in [-0.4, -0.2) is 49.3 Å². The normalized spacial score (nSPS) is 18.7. The number of ether oxygens (including phenoxy) is 1. The van der Waals surface area contributed by atoms with Gasteiger partial charge in [0.1, 0.15) is 18.5 Å². The Morgan fingerprint density at radius 1 is 1.35 bits per heavy atom. The van der Waals surface area contributed by atoms with Gasteiger partial charge in [0.2, 0.25) is 5.91 Å². The van der Waals surface area contributed by atoms with Gasteiger partial charge in [-0.1, -0.05) is 12.2 Å². The minimum absolute atomic E-state index is 0.0668. The maximum Gasteiger partial charge on any atom is 0.227 e.